The lowest BCUT2D eigenvalue weighted by molar-refractivity contribution is 0.102. The van der Waals surface area contributed by atoms with E-state index in [2.05, 4.69) is 26.3 Å². The standard InChI is InChI=1S/C27H17N7O3S/c1-15-9-19(20-10-17(12-29)5-8-22(20)37-2)21(13-30-15)25(35)33-27-32-24-23(38-27)26(36)34(14-31-24)18-6-3-16(11-28)4-7-18/h3-10,13-14H,1-2H3,(H,32,33,35). The second-order valence-electron chi connectivity index (χ2n) is 8.10. The Morgan fingerprint density at radius 2 is 1.76 bits per heavy atom. The Labute approximate surface area is 220 Å². The molecule has 3 heterocycles. The Kier molecular flexibility index (Phi) is 6.35. The molecule has 5 rings (SSSR count). The van der Waals surface area contributed by atoms with Gasteiger partial charge in [-0.3, -0.25) is 24.5 Å². The maximum atomic E-state index is 13.4. The first-order chi connectivity index (χ1) is 18.4. The number of pyridine rings is 1. The topological polar surface area (TPSA) is 147 Å². The molecule has 0 saturated heterocycles. The number of methoxy groups -OCH3 is 1. The van der Waals surface area contributed by atoms with Crippen LogP contribution >= 0.6 is 11.3 Å². The number of ether oxygens (including phenoxy) is 1. The van der Waals surface area contributed by atoms with E-state index in [1.54, 1.807) is 55.5 Å². The number of rotatable bonds is 5. The van der Waals surface area contributed by atoms with Crippen LogP contribution in [-0.2, 0) is 0 Å². The molecule has 0 fully saturated rings. The van der Waals surface area contributed by atoms with Crippen molar-refractivity contribution in [3.05, 3.63) is 93.8 Å². The van der Waals surface area contributed by atoms with Gasteiger partial charge >= 0.3 is 0 Å². The molecule has 0 bridgehead atoms. The van der Waals surface area contributed by atoms with E-state index in [-0.39, 0.29) is 26.6 Å². The quantitative estimate of drug-likeness (QED) is 0.363. The van der Waals surface area contributed by atoms with Crippen LogP contribution in [0.2, 0.25) is 0 Å². The lowest BCUT2D eigenvalue weighted by Gasteiger charge is -2.13. The summed E-state index contributed by atoms with van der Waals surface area (Å²) in [6.07, 6.45) is 2.80. The second kappa shape index (κ2) is 9.93. The van der Waals surface area contributed by atoms with E-state index < -0.39 is 5.91 Å². The largest absolute Gasteiger partial charge is 0.496 e. The van der Waals surface area contributed by atoms with Crippen LogP contribution < -0.4 is 15.6 Å². The number of fused-ring (bicyclic) bond motifs is 1. The van der Waals surface area contributed by atoms with Gasteiger partial charge in [0.05, 0.1) is 41.6 Å². The van der Waals surface area contributed by atoms with Crippen molar-refractivity contribution in [3.8, 4) is 34.7 Å². The summed E-state index contributed by atoms with van der Waals surface area (Å²) in [4.78, 5) is 39.3. The molecule has 1 N–H and O–H groups in total. The summed E-state index contributed by atoms with van der Waals surface area (Å²) in [5.74, 6) is -0.000391. The van der Waals surface area contributed by atoms with Gasteiger partial charge in [0.25, 0.3) is 11.5 Å². The van der Waals surface area contributed by atoms with Crippen molar-refractivity contribution in [3.63, 3.8) is 0 Å². The minimum Gasteiger partial charge on any atom is -0.496 e. The second-order valence-corrected chi connectivity index (χ2v) is 9.10. The Morgan fingerprint density at radius 3 is 2.47 bits per heavy atom. The molecule has 184 valence electrons. The zero-order chi connectivity index (χ0) is 26.8. The van der Waals surface area contributed by atoms with Gasteiger partial charge in [-0.05, 0) is 55.5 Å². The SMILES string of the molecule is COc1ccc(C#N)cc1-c1cc(C)ncc1C(=O)Nc1nc2ncn(-c3ccc(C#N)cc3)c(=O)c2s1. The molecule has 3 aromatic heterocycles. The molecule has 0 atom stereocenters. The zero-order valence-corrected chi connectivity index (χ0v) is 20.9. The molecular formula is C27H17N7O3S. The molecule has 0 aliphatic heterocycles. The molecule has 0 unspecified atom stereocenters. The smallest absolute Gasteiger partial charge is 0.277 e. The number of carbonyl (C=O) groups is 1. The fraction of sp³-hybridized carbons (Fsp3) is 0.0741. The third kappa shape index (κ3) is 4.46. The summed E-state index contributed by atoms with van der Waals surface area (Å²) in [7, 11) is 1.51. The number of nitrogens with zero attached hydrogens (tertiary/aromatic N) is 6. The molecule has 0 spiro atoms. The van der Waals surface area contributed by atoms with Crippen molar-refractivity contribution >= 4 is 32.7 Å². The molecule has 2 aromatic carbocycles. The number of hydrogen-bond donors (Lipinski definition) is 1. The average molecular weight is 520 g/mol. The summed E-state index contributed by atoms with van der Waals surface area (Å²) in [5, 5.41) is 21.3. The summed E-state index contributed by atoms with van der Waals surface area (Å²) in [6.45, 7) is 1.80. The van der Waals surface area contributed by atoms with Crippen LogP contribution in [0, 0.1) is 29.6 Å². The number of nitriles is 2. The van der Waals surface area contributed by atoms with Gasteiger partial charge in [-0.25, -0.2) is 4.98 Å². The Morgan fingerprint density at radius 1 is 1.03 bits per heavy atom. The fourth-order valence-electron chi connectivity index (χ4n) is 3.86. The minimum atomic E-state index is -0.497. The van der Waals surface area contributed by atoms with Crippen LogP contribution in [0.25, 0.3) is 27.2 Å². The van der Waals surface area contributed by atoms with Crippen molar-refractivity contribution in [1.29, 1.82) is 10.5 Å². The molecule has 0 aliphatic carbocycles. The third-order valence-electron chi connectivity index (χ3n) is 5.72. The highest BCUT2D eigenvalue weighted by Gasteiger charge is 2.20. The van der Waals surface area contributed by atoms with Gasteiger partial charge in [0.1, 0.15) is 16.8 Å². The number of carbonyl (C=O) groups excluding carboxylic acids is 1. The highest BCUT2D eigenvalue weighted by atomic mass is 32.1. The van der Waals surface area contributed by atoms with Crippen LogP contribution in [-0.4, -0.2) is 32.5 Å². The number of amides is 1. The van der Waals surface area contributed by atoms with Gasteiger partial charge in [0.2, 0.25) is 0 Å². The fourth-order valence-corrected chi connectivity index (χ4v) is 4.71. The molecule has 5 aromatic rings. The van der Waals surface area contributed by atoms with Crippen molar-refractivity contribution in [2.45, 2.75) is 6.92 Å². The van der Waals surface area contributed by atoms with Gasteiger partial charge in [-0.2, -0.15) is 15.5 Å². The van der Waals surface area contributed by atoms with E-state index in [0.29, 0.717) is 39.4 Å². The van der Waals surface area contributed by atoms with Crippen molar-refractivity contribution < 1.29 is 9.53 Å². The number of aryl methyl sites for hydroxylation is 1. The predicted octanol–water partition coefficient (Wildman–Crippen LogP) is 4.22. The number of hydrogen-bond acceptors (Lipinski definition) is 9. The highest BCUT2D eigenvalue weighted by Crippen LogP contribution is 2.34. The van der Waals surface area contributed by atoms with E-state index in [4.69, 9.17) is 10.00 Å². The van der Waals surface area contributed by atoms with E-state index in [1.165, 1.54) is 24.2 Å². The predicted molar refractivity (Wildman–Crippen MR) is 141 cm³/mol. The van der Waals surface area contributed by atoms with Crippen LogP contribution in [0.3, 0.4) is 0 Å². The molecule has 0 aliphatic rings. The number of nitrogens with one attached hydrogen (secondary N) is 1. The lowest BCUT2D eigenvalue weighted by Crippen LogP contribution is -2.17. The molecule has 38 heavy (non-hydrogen) atoms. The van der Waals surface area contributed by atoms with Crippen LogP contribution in [0.5, 0.6) is 5.75 Å². The molecule has 10 nitrogen and oxygen atoms in total. The molecule has 0 radical (unpaired) electrons. The Bertz CT molecular complexity index is 1860. The maximum Gasteiger partial charge on any atom is 0.277 e. The normalized spacial score (nSPS) is 10.5. The first kappa shape index (κ1) is 24.3. The molecule has 0 saturated carbocycles. The number of aromatic nitrogens is 4. The average Bonchev–Trinajstić information content (AvgIpc) is 3.36. The van der Waals surface area contributed by atoms with E-state index in [1.807, 2.05) is 6.07 Å². The van der Waals surface area contributed by atoms with Crippen LogP contribution in [0.15, 0.2) is 65.8 Å². The Balaban J connectivity index is 1.51. The van der Waals surface area contributed by atoms with Crippen LogP contribution in [0.1, 0.15) is 27.2 Å². The number of thiazole rings is 1. The van der Waals surface area contributed by atoms with E-state index in [9.17, 15) is 14.9 Å². The van der Waals surface area contributed by atoms with Gasteiger partial charge in [0, 0.05) is 23.0 Å². The molecule has 11 heteroatoms. The highest BCUT2D eigenvalue weighted by molar-refractivity contribution is 7.22. The summed E-state index contributed by atoms with van der Waals surface area (Å²) in [5.41, 5.74) is 3.30. The summed E-state index contributed by atoms with van der Waals surface area (Å²) < 4.78 is 7.09. The maximum absolute atomic E-state index is 13.4. The van der Waals surface area contributed by atoms with E-state index in [0.717, 1.165) is 11.3 Å². The molecular weight excluding hydrogens is 502 g/mol. The number of benzene rings is 2. The van der Waals surface area contributed by atoms with Gasteiger partial charge in [-0.1, -0.05) is 11.3 Å². The van der Waals surface area contributed by atoms with Gasteiger partial charge in [-0.15, -0.1) is 0 Å². The first-order valence-electron chi connectivity index (χ1n) is 11.2. The third-order valence-corrected chi connectivity index (χ3v) is 6.66. The van der Waals surface area contributed by atoms with Crippen molar-refractivity contribution in [1.82, 2.24) is 19.5 Å². The van der Waals surface area contributed by atoms with Crippen LogP contribution in [0.4, 0.5) is 5.13 Å². The van der Waals surface area contributed by atoms with E-state index >= 15 is 0 Å². The monoisotopic (exact) mass is 519 g/mol. The summed E-state index contributed by atoms with van der Waals surface area (Å²) in [6, 6.07) is 17.4. The van der Waals surface area contributed by atoms with Crippen molar-refractivity contribution in [2.75, 3.05) is 12.4 Å². The van der Waals surface area contributed by atoms with Gasteiger partial charge in [0.15, 0.2) is 10.8 Å². The number of anilines is 1. The zero-order valence-electron chi connectivity index (χ0n) is 20.1. The first-order valence-corrected chi connectivity index (χ1v) is 12.0. The summed E-state index contributed by atoms with van der Waals surface area (Å²) >= 11 is 1.00. The van der Waals surface area contributed by atoms with Gasteiger partial charge < -0.3 is 4.74 Å². The Hall–Kier alpha value is -5.39. The lowest BCUT2D eigenvalue weighted by atomic mass is 9.97. The minimum absolute atomic E-state index is 0.191. The molecule has 1 amide bonds. The van der Waals surface area contributed by atoms with Crippen molar-refractivity contribution in [2.24, 2.45) is 0 Å².